The molecule has 17 heavy (non-hydrogen) atoms. The summed E-state index contributed by atoms with van der Waals surface area (Å²) in [5.74, 6) is -0.171. The number of nitrogens with one attached hydrogen (secondary N) is 1. The Morgan fingerprint density at radius 2 is 1.76 bits per heavy atom. The highest BCUT2D eigenvalue weighted by Gasteiger charge is 2.15. The molecule has 5 heteroatoms. The van der Waals surface area contributed by atoms with Gasteiger partial charge < -0.3 is 10.2 Å². The number of rotatable bonds is 3. The quantitative estimate of drug-likeness (QED) is 0.558. The monoisotopic (exact) mass is 229 g/mol. The third kappa shape index (κ3) is 1.67. The maximum Gasteiger partial charge on any atom is 0.206 e. The standard InChI is InChI=1S/C12H11N3O2/c1-8(6-7-14-13)15-11(16)9-4-2-3-5-10(9)12(15)17/h2-7,13,16-17H,1H2/b7-6-,14-13?. The van der Waals surface area contributed by atoms with Crippen molar-refractivity contribution in [3.63, 3.8) is 0 Å². The topological polar surface area (TPSA) is 81.6 Å². The van der Waals surface area contributed by atoms with Gasteiger partial charge in [0.1, 0.15) is 0 Å². The van der Waals surface area contributed by atoms with Crippen molar-refractivity contribution in [1.82, 2.24) is 4.57 Å². The normalized spacial score (nSPS) is 11.1. The van der Waals surface area contributed by atoms with Crippen LogP contribution in [0.5, 0.6) is 11.8 Å². The van der Waals surface area contributed by atoms with Crippen LogP contribution in [-0.4, -0.2) is 14.8 Å². The fourth-order valence-corrected chi connectivity index (χ4v) is 1.68. The Morgan fingerprint density at radius 3 is 2.24 bits per heavy atom. The second-order valence-electron chi connectivity index (χ2n) is 3.46. The van der Waals surface area contributed by atoms with Crippen molar-refractivity contribution >= 4 is 16.5 Å². The minimum Gasteiger partial charge on any atom is -0.494 e. The highest BCUT2D eigenvalue weighted by atomic mass is 16.3. The number of nitrogens with zero attached hydrogens (tertiary/aromatic N) is 2. The summed E-state index contributed by atoms with van der Waals surface area (Å²) in [5.41, 5.74) is 6.96. The lowest BCUT2D eigenvalue weighted by Gasteiger charge is -2.04. The molecule has 0 radical (unpaired) electrons. The van der Waals surface area contributed by atoms with E-state index in [2.05, 4.69) is 11.7 Å². The van der Waals surface area contributed by atoms with E-state index < -0.39 is 0 Å². The van der Waals surface area contributed by atoms with E-state index in [0.717, 1.165) is 0 Å². The van der Waals surface area contributed by atoms with Gasteiger partial charge in [-0.2, -0.15) is 5.11 Å². The molecular formula is C12H11N3O2. The van der Waals surface area contributed by atoms with Crippen molar-refractivity contribution in [3.05, 3.63) is 43.1 Å². The molecule has 0 unspecified atom stereocenters. The highest BCUT2D eigenvalue weighted by molar-refractivity contribution is 5.95. The van der Waals surface area contributed by atoms with Gasteiger partial charge in [0.2, 0.25) is 11.8 Å². The number of aromatic hydroxyl groups is 2. The average molecular weight is 229 g/mol. The summed E-state index contributed by atoms with van der Waals surface area (Å²) in [4.78, 5) is 0. The predicted octanol–water partition coefficient (Wildman–Crippen LogP) is 3.07. The van der Waals surface area contributed by atoms with Crippen LogP contribution < -0.4 is 0 Å². The van der Waals surface area contributed by atoms with Gasteiger partial charge in [-0.25, -0.2) is 5.53 Å². The van der Waals surface area contributed by atoms with Gasteiger partial charge in [0.05, 0.1) is 6.20 Å². The highest BCUT2D eigenvalue weighted by Crippen LogP contribution is 2.38. The third-order valence-electron chi connectivity index (χ3n) is 2.46. The van der Waals surface area contributed by atoms with Crippen LogP contribution in [0.1, 0.15) is 0 Å². The van der Waals surface area contributed by atoms with Crippen molar-refractivity contribution in [2.24, 2.45) is 5.11 Å². The summed E-state index contributed by atoms with van der Waals surface area (Å²) in [5, 5.41) is 24.1. The van der Waals surface area contributed by atoms with Gasteiger partial charge in [0.25, 0.3) is 0 Å². The van der Waals surface area contributed by atoms with Crippen LogP contribution in [0.2, 0.25) is 0 Å². The Kier molecular flexibility index (Phi) is 2.66. The summed E-state index contributed by atoms with van der Waals surface area (Å²) in [6.07, 6.45) is 2.64. The van der Waals surface area contributed by atoms with Gasteiger partial charge in [-0.05, 0) is 18.2 Å². The molecule has 0 bridgehead atoms. The Bertz CT molecular complexity index is 587. The Hall–Kier alpha value is -2.56. The van der Waals surface area contributed by atoms with Crippen LogP contribution in [0.25, 0.3) is 16.5 Å². The molecule has 1 heterocycles. The lowest BCUT2D eigenvalue weighted by atomic mass is 10.2. The van der Waals surface area contributed by atoms with Gasteiger partial charge in [0.15, 0.2) is 0 Å². The zero-order valence-corrected chi connectivity index (χ0v) is 8.96. The molecule has 0 saturated carbocycles. The van der Waals surface area contributed by atoms with Crippen LogP contribution in [0.3, 0.4) is 0 Å². The molecular weight excluding hydrogens is 218 g/mol. The van der Waals surface area contributed by atoms with Crippen molar-refractivity contribution in [1.29, 1.82) is 5.53 Å². The molecule has 2 rings (SSSR count). The molecule has 0 amide bonds. The largest absolute Gasteiger partial charge is 0.494 e. The smallest absolute Gasteiger partial charge is 0.206 e. The van der Waals surface area contributed by atoms with Gasteiger partial charge in [-0.15, -0.1) is 0 Å². The first kappa shape index (κ1) is 10.9. The molecule has 0 atom stereocenters. The summed E-state index contributed by atoms with van der Waals surface area (Å²) in [7, 11) is 0. The summed E-state index contributed by atoms with van der Waals surface area (Å²) >= 11 is 0. The molecule has 0 fully saturated rings. The van der Waals surface area contributed by atoms with Gasteiger partial charge in [-0.3, -0.25) is 4.57 Å². The second-order valence-corrected chi connectivity index (χ2v) is 3.46. The SMILES string of the molecule is C=C(/C=C\N=N)n1c(O)c2ccccc2c1O. The molecule has 0 aliphatic heterocycles. The zero-order valence-electron chi connectivity index (χ0n) is 8.96. The first-order chi connectivity index (χ1) is 8.16. The van der Waals surface area contributed by atoms with E-state index in [9.17, 15) is 10.2 Å². The third-order valence-corrected chi connectivity index (χ3v) is 2.46. The number of hydrogen-bond acceptors (Lipinski definition) is 4. The fraction of sp³-hybridized carbons (Fsp3) is 0. The molecule has 3 N–H and O–H groups in total. The van der Waals surface area contributed by atoms with E-state index in [4.69, 9.17) is 5.53 Å². The van der Waals surface area contributed by atoms with E-state index in [1.54, 1.807) is 24.3 Å². The summed E-state index contributed by atoms with van der Waals surface area (Å²) in [6, 6.07) is 6.94. The molecule has 0 aliphatic carbocycles. The van der Waals surface area contributed by atoms with Crippen LogP contribution in [0.4, 0.5) is 0 Å². The van der Waals surface area contributed by atoms with Gasteiger partial charge in [-0.1, -0.05) is 18.7 Å². The first-order valence-corrected chi connectivity index (χ1v) is 4.90. The maximum atomic E-state index is 9.97. The molecule has 0 aliphatic rings. The van der Waals surface area contributed by atoms with Gasteiger partial charge >= 0.3 is 0 Å². The van der Waals surface area contributed by atoms with Crippen LogP contribution in [0.15, 0.2) is 48.2 Å². The molecule has 1 aromatic carbocycles. The Labute approximate surface area is 97.4 Å². The molecule has 1 aromatic heterocycles. The van der Waals surface area contributed by atoms with Crippen molar-refractivity contribution in [2.75, 3.05) is 0 Å². The predicted molar refractivity (Wildman–Crippen MR) is 64.9 cm³/mol. The molecule has 86 valence electrons. The summed E-state index contributed by atoms with van der Waals surface area (Å²) in [6.45, 7) is 3.69. The Balaban J connectivity index is 2.66. The van der Waals surface area contributed by atoms with Crippen LogP contribution >= 0.6 is 0 Å². The maximum absolute atomic E-state index is 9.97. The van der Waals surface area contributed by atoms with E-state index >= 15 is 0 Å². The lowest BCUT2D eigenvalue weighted by molar-refractivity contribution is 0.410. The number of hydrogen-bond donors (Lipinski definition) is 3. The summed E-state index contributed by atoms with van der Waals surface area (Å²) < 4.78 is 1.20. The molecule has 0 saturated heterocycles. The number of fused-ring (bicyclic) bond motifs is 1. The van der Waals surface area contributed by atoms with Crippen LogP contribution in [-0.2, 0) is 0 Å². The van der Waals surface area contributed by atoms with Crippen LogP contribution in [0, 0.1) is 5.53 Å². The number of allylic oxidation sites excluding steroid dienone is 2. The number of benzene rings is 1. The second kappa shape index (κ2) is 4.13. The van der Waals surface area contributed by atoms with E-state index in [1.807, 2.05) is 0 Å². The Morgan fingerprint density at radius 1 is 1.24 bits per heavy atom. The lowest BCUT2D eigenvalue weighted by Crippen LogP contribution is -1.91. The zero-order chi connectivity index (χ0) is 12.4. The fourth-order valence-electron chi connectivity index (χ4n) is 1.68. The minimum atomic E-state index is -0.0854. The van der Waals surface area contributed by atoms with Gasteiger partial charge in [0, 0.05) is 16.5 Å². The van der Waals surface area contributed by atoms with Crippen molar-refractivity contribution < 1.29 is 10.2 Å². The van der Waals surface area contributed by atoms with Crippen molar-refractivity contribution in [2.45, 2.75) is 0 Å². The van der Waals surface area contributed by atoms with Crippen molar-refractivity contribution in [3.8, 4) is 11.8 Å². The average Bonchev–Trinajstić information content (AvgIpc) is 2.60. The number of aromatic nitrogens is 1. The minimum absolute atomic E-state index is 0.0854. The van der Waals surface area contributed by atoms with E-state index in [1.165, 1.54) is 16.8 Å². The first-order valence-electron chi connectivity index (χ1n) is 4.90. The van der Waals surface area contributed by atoms with E-state index in [-0.39, 0.29) is 11.8 Å². The molecule has 0 spiro atoms. The molecule has 2 aromatic rings. The van der Waals surface area contributed by atoms with E-state index in [0.29, 0.717) is 16.5 Å². The molecule has 5 nitrogen and oxygen atoms in total.